The van der Waals surface area contributed by atoms with E-state index in [9.17, 15) is 14.0 Å². The van der Waals surface area contributed by atoms with Gasteiger partial charge in [0.1, 0.15) is 17.1 Å². The lowest BCUT2D eigenvalue weighted by Crippen LogP contribution is -2.51. The van der Waals surface area contributed by atoms with Crippen molar-refractivity contribution < 1.29 is 18.7 Å². The summed E-state index contributed by atoms with van der Waals surface area (Å²) in [6.45, 7) is 0.451. The summed E-state index contributed by atoms with van der Waals surface area (Å²) in [5.41, 5.74) is 1.38. The molecule has 1 saturated heterocycles. The molecule has 1 aromatic heterocycles. The van der Waals surface area contributed by atoms with Crippen LogP contribution in [0.2, 0.25) is 0 Å². The minimum absolute atomic E-state index is 0.178. The Labute approximate surface area is 185 Å². The van der Waals surface area contributed by atoms with Gasteiger partial charge in [-0.15, -0.1) is 0 Å². The fourth-order valence-corrected chi connectivity index (χ4v) is 5.24. The van der Waals surface area contributed by atoms with E-state index < -0.39 is 11.5 Å². The summed E-state index contributed by atoms with van der Waals surface area (Å²) >= 11 is 0. The number of rotatable bonds is 4. The van der Waals surface area contributed by atoms with Crippen LogP contribution in [0.4, 0.5) is 10.1 Å². The first-order chi connectivity index (χ1) is 15.5. The number of halogens is 1. The van der Waals surface area contributed by atoms with Crippen molar-refractivity contribution in [1.82, 2.24) is 9.88 Å². The molecule has 2 aliphatic heterocycles. The topological polar surface area (TPSA) is 71.5 Å². The number of carbonyl (C=O) groups excluding carboxylic acids is 2. The van der Waals surface area contributed by atoms with E-state index in [1.807, 2.05) is 18.0 Å². The lowest BCUT2D eigenvalue weighted by Gasteiger charge is -2.35. The first-order valence-electron chi connectivity index (χ1n) is 10.4. The monoisotopic (exact) mass is 431 g/mol. The van der Waals surface area contributed by atoms with Crippen LogP contribution >= 0.6 is 0 Å². The summed E-state index contributed by atoms with van der Waals surface area (Å²) < 4.78 is 19.1. The van der Waals surface area contributed by atoms with Crippen molar-refractivity contribution >= 4 is 17.4 Å². The van der Waals surface area contributed by atoms with E-state index in [2.05, 4.69) is 10.3 Å². The number of likely N-dealkylation sites (tertiary alicyclic amines) is 1. The van der Waals surface area contributed by atoms with Gasteiger partial charge in [0.25, 0.3) is 0 Å². The molecule has 32 heavy (non-hydrogen) atoms. The van der Waals surface area contributed by atoms with Crippen LogP contribution in [0.25, 0.3) is 0 Å². The van der Waals surface area contributed by atoms with Gasteiger partial charge in [-0.25, -0.2) is 4.39 Å². The van der Waals surface area contributed by atoms with Gasteiger partial charge in [0, 0.05) is 41.7 Å². The van der Waals surface area contributed by atoms with Gasteiger partial charge in [0.15, 0.2) is 5.78 Å². The van der Waals surface area contributed by atoms with Crippen LogP contribution < -0.4 is 10.1 Å². The largest absolute Gasteiger partial charge is 0.497 e. The van der Waals surface area contributed by atoms with E-state index in [4.69, 9.17) is 4.74 Å². The maximum atomic E-state index is 14.0. The lowest BCUT2D eigenvalue weighted by molar-refractivity contribution is -0.126. The molecule has 162 valence electrons. The minimum atomic E-state index is -1.23. The number of methoxy groups -OCH3 is 1. The number of likely N-dealkylation sites (N-methyl/N-ethyl adjacent to an activating group) is 1. The molecule has 2 aliphatic rings. The maximum absolute atomic E-state index is 14.0. The average Bonchev–Trinajstić information content (AvgIpc) is 3.29. The molecule has 6 nitrogen and oxygen atoms in total. The molecule has 0 saturated carbocycles. The van der Waals surface area contributed by atoms with Crippen LogP contribution in [0, 0.1) is 11.7 Å². The number of ether oxygens (including phenoxy) is 1. The molecule has 0 radical (unpaired) electrons. The summed E-state index contributed by atoms with van der Waals surface area (Å²) in [7, 11) is 3.41. The van der Waals surface area contributed by atoms with Crippen molar-refractivity contribution in [2.24, 2.45) is 5.92 Å². The Morgan fingerprint density at radius 1 is 1.22 bits per heavy atom. The van der Waals surface area contributed by atoms with Crippen molar-refractivity contribution in [3.8, 4) is 5.75 Å². The summed E-state index contributed by atoms with van der Waals surface area (Å²) in [5, 5.41) is 2.97. The maximum Gasteiger partial charge on any atom is 0.250 e. The van der Waals surface area contributed by atoms with Crippen LogP contribution in [0.1, 0.15) is 27.4 Å². The number of nitrogens with one attached hydrogen (secondary N) is 1. The molecule has 3 heterocycles. The Bertz CT molecular complexity index is 1200. The molecule has 2 aromatic carbocycles. The van der Waals surface area contributed by atoms with Crippen molar-refractivity contribution in [3.05, 3.63) is 89.5 Å². The fraction of sp³-hybridized carbons (Fsp3) is 0.240. The molecular weight excluding hydrogens is 409 g/mol. The molecule has 1 N–H and O–H groups in total. The number of carbonyl (C=O) groups is 2. The number of hydrogen-bond acceptors (Lipinski definition) is 5. The number of pyridine rings is 1. The zero-order valence-electron chi connectivity index (χ0n) is 17.7. The molecule has 0 unspecified atom stereocenters. The van der Waals surface area contributed by atoms with Gasteiger partial charge >= 0.3 is 0 Å². The van der Waals surface area contributed by atoms with Gasteiger partial charge in [0.05, 0.1) is 13.0 Å². The van der Waals surface area contributed by atoms with Crippen molar-refractivity contribution in [3.63, 3.8) is 0 Å². The number of anilines is 1. The first kappa shape index (κ1) is 20.3. The number of Topliss-reactive ketones (excluding diaryl/α,β-unsaturated/α-hetero) is 1. The third-order valence-corrected chi connectivity index (χ3v) is 6.68. The summed E-state index contributed by atoms with van der Waals surface area (Å²) in [6.07, 6.45) is 3.13. The SMILES string of the molecule is COc1ccc2c(c1)[C@]1(C(=O)N2)[C@H](C(=O)c2cccnc2)[C@@H](c2ccc(F)cc2)CN1C. The predicted molar refractivity (Wildman–Crippen MR) is 117 cm³/mol. The Balaban J connectivity index is 1.74. The average molecular weight is 431 g/mol. The number of ketones is 1. The first-order valence-corrected chi connectivity index (χ1v) is 10.4. The second-order valence-corrected chi connectivity index (χ2v) is 8.25. The molecule has 0 bridgehead atoms. The molecule has 1 amide bonds. The van der Waals surface area contributed by atoms with Crippen molar-refractivity contribution in [2.45, 2.75) is 11.5 Å². The molecule has 5 rings (SSSR count). The molecule has 3 aromatic rings. The highest BCUT2D eigenvalue weighted by atomic mass is 19.1. The van der Waals surface area contributed by atoms with Crippen LogP contribution in [0.5, 0.6) is 5.75 Å². The standard InChI is InChI=1S/C25H22FN3O3/c1-29-14-19(15-5-7-17(26)8-6-15)22(23(30)16-4-3-11-27-13-16)25(29)20-12-18(32-2)9-10-21(20)28-24(25)31/h3-13,19,22H,14H2,1-2H3,(H,28,31)/t19-,22+,25-/m1/s1. The van der Waals surface area contributed by atoms with Gasteiger partial charge in [0.2, 0.25) is 5.91 Å². The summed E-state index contributed by atoms with van der Waals surface area (Å²) in [6, 6.07) is 15.0. The normalized spacial score (nSPS) is 24.4. The molecule has 1 fully saturated rings. The third-order valence-electron chi connectivity index (χ3n) is 6.68. The van der Waals surface area contributed by atoms with E-state index in [0.29, 0.717) is 29.1 Å². The van der Waals surface area contributed by atoms with Crippen LogP contribution in [-0.4, -0.2) is 42.3 Å². The summed E-state index contributed by atoms with van der Waals surface area (Å²) in [5.74, 6) is -1.24. The molecule has 0 aliphatic carbocycles. The van der Waals surface area contributed by atoms with Gasteiger partial charge in [-0.1, -0.05) is 12.1 Å². The molecular formula is C25H22FN3O3. The minimum Gasteiger partial charge on any atom is -0.497 e. The van der Waals surface area contributed by atoms with Gasteiger partial charge < -0.3 is 10.1 Å². The predicted octanol–water partition coefficient (Wildman–Crippen LogP) is 3.61. The number of aromatic nitrogens is 1. The quantitative estimate of drug-likeness (QED) is 0.639. The number of amides is 1. The molecule has 1 spiro atoms. The van der Waals surface area contributed by atoms with Gasteiger partial charge in [-0.3, -0.25) is 19.5 Å². The Hall–Kier alpha value is -3.58. The van der Waals surface area contributed by atoms with Crippen LogP contribution in [-0.2, 0) is 10.3 Å². The van der Waals surface area contributed by atoms with Crippen LogP contribution in [0.15, 0.2) is 67.0 Å². The number of benzene rings is 2. The van der Waals surface area contributed by atoms with Gasteiger partial charge in [-0.2, -0.15) is 0 Å². The lowest BCUT2D eigenvalue weighted by atomic mass is 9.70. The highest BCUT2D eigenvalue weighted by Crippen LogP contribution is 2.56. The number of nitrogens with zero attached hydrogens (tertiary/aromatic N) is 2. The van der Waals surface area contributed by atoms with Crippen molar-refractivity contribution in [2.75, 3.05) is 26.0 Å². The zero-order chi connectivity index (χ0) is 22.5. The van der Waals surface area contributed by atoms with Gasteiger partial charge in [-0.05, 0) is 55.1 Å². The van der Waals surface area contributed by atoms with Crippen molar-refractivity contribution in [1.29, 1.82) is 0 Å². The van der Waals surface area contributed by atoms with E-state index in [-0.39, 0.29) is 23.4 Å². The third kappa shape index (κ3) is 2.85. The van der Waals surface area contributed by atoms with E-state index >= 15 is 0 Å². The Kier molecular flexibility index (Phi) is 4.78. The van der Waals surface area contributed by atoms with Crippen LogP contribution in [0.3, 0.4) is 0 Å². The second-order valence-electron chi connectivity index (χ2n) is 8.25. The van der Waals surface area contributed by atoms with E-state index in [1.165, 1.54) is 18.3 Å². The van der Waals surface area contributed by atoms with E-state index in [0.717, 1.165) is 5.56 Å². The Morgan fingerprint density at radius 2 is 2.00 bits per heavy atom. The Morgan fingerprint density at radius 3 is 2.69 bits per heavy atom. The van der Waals surface area contributed by atoms with E-state index in [1.54, 1.807) is 49.7 Å². The summed E-state index contributed by atoms with van der Waals surface area (Å²) in [4.78, 5) is 33.6. The highest BCUT2D eigenvalue weighted by Gasteiger charge is 2.64. The number of hydrogen-bond donors (Lipinski definition) is 1. The molecule has 3 atom stereocenters. The fourth-order valence-electron chi connectivity index (χ4n) is 5.24. The second kappa shape index (κ2) is 7.53. The molecule has 7 heteroatoms. The smallest absolute Gasteiger partial charge is 0.250 e. The zero-order valence-corrected chi connectivity index (χ0v) is 17.7. The number of fused-ring (bicyclic) bond motifs is 2. The highest BCUT2D eigenvalue weighted by molar-refractivity contribution is 6.12.